The number of nitrogens with zero attached hydrogens (tertiary/aromatic N) is 4. The predicted octanol–water partition coefficient (Wildman–Crippen LogP) is 2.93. The van der Waals surface area contributed by atoms with Crippen molar-refractivity contribution < 1.29 is 4.74 Å². The second-order valence-corrected chi connectivity index (χ2v) is 8.31. The molecule has 2 aromatic rings. The van der Waals surface area contributed by atoms with Crippen LogP contribution in [-0.4, -0.2) is 64.4 Å². The van der Waals surface area contributed by atoms with Crippen molar-refractivity contribution in [3.05, 3.63) is 18.6 Å². The van der Waals surface area contributed by atoms with Gasteiger partial charge in [-0.15, -0.1) is 0 Å². The molecule has 2 aromatic heterocycles. The zero-order chi connectivity index (χ0) is 17.2. The Balaban J connectivity index is 1.24. The molecule has 0 unspecified atom stereocenters. The normalized spacial score (nSPS) is 25.2. The van der Waals surface area contributed by atoms with Crippen molar-refractivity contribution in [2.24, 2.45) is 5.92 Å². The van der Waals surface area contributed by atoms with E-state index in [1.165, 1.54) is 31.4 Å². The van der Waals surface area contributed by atoms with Gasteiger partial charge in [0.25, 0.3) is 0 Å². The standard InChI is InChI=1S/C18H27N5OS/c1-22(18-16-3-6-19-17(16)20-12-21-18)14-9-13(10-14)11-25-23-7-4-15(24-2)5-8-23/h3,6,12-15H,4-5,7-11H2,1-2H3,(H,19,20,21). The van der Waals surface area contributed by atoms with Gasteiger partial charge in [-0.3, -0.25) is 4.31 Å². The van der Waals surface area contributed by atoms with Crippen molar-refractivity contribution in [1.29, 1.82) is 0 Å². The Morgan fingerprint density at radius 2 is 2.12 bits per heavy atom. The number of fused-ring (bicyclic) bond motifs is 1. The van der Waals surface area contributed by atoms with Crippen molar-refractivity contribution in [3.8, 4) is 0 Å². The van der Waals surface area contributed by atoms with E-state index in [1.807, 2.05) is 25.3 Å². The van der Waals surface area contributed by atoms with E-state index in [1.54, 1.807) is 6.33 Å². The molecule has 1 N–H and O–H groups in total. The van der Waals surface area contributed by atoms with Crippen LogP contribution in [0.25, 0.3) is 11.0 Å². The zero-order valence-electron chi connectivity index (χ0n) is 15.0. The molecule has 1 aliphatic heterocycles. The Morgan fingerprint density at radius 3 is 2.88 bits per heavy atom. The van der Waals surface area contributed by atoms with Crippen LogP contribution in [0.2, 0.25) is 0 Å². The summed E-state index contributed by atoms with van der Waals surface area (Å²) in [5.41, 5.74) is 0.919. The summed E-state index contributed by atoms with van der Waals surface area (Å²) in [5, 5.41) is 1.11. The van der Waals surface area contributed by atoms with E-state index in [0.717, 1.165) is 35.9 Å². The first-order valence-electron chi connectivity index (χ1n) is 9.16. The van der Waals surface area contributed by atoms with E-state index in [-0.39, 0.29) is 0 Å². The summed E-state index contributed by atoms with van der Waals surface area (Å²) < 4.78 is 7.98. The lowest BCUT2D eigenvalue weighted by molar-refractivity contribution is 0.0623. The topological polar surface area (TPSA) is 57.3 Å². The smallest absolute Gasteiger partial charge is 0.142 e. The molecule has 0 aromatic carbocycles. The highest BCUT2D eigenvalue weighted by atomic mass is 32.2. The molecule has 1 saturated heterocycles. The van der Waals surface area contributed by atoms with E-state index in [4.69, 9.17) is 4.74 Å². The maximum Gasteiger partial charge on any atom is 0.142 e. The number of H-pyrrole nitrogens is 1. The molecule has 3 heterocycles. The van der Waals surface area contributed by atoms with Crippen LogP contribution in [0, 0.1) is 5.92 Å². The van der Waals surface area contributed by atoms with Crippen molar-refractivity contribution in [2.45, 2.75) is 37.8 Å². The largest absolute Gasteiger partial charge is 0.381 e. The molecule has 0 spiro atoms. The van der Waals surface area contributed by atoms with E-state index in [0.29, 0.717) is 12.1 Å². The number of aromatic nitrogens is 3. The van der Waals surface area contributed by atoms with Gasteiger partial charge in [-0.2, -0.15) is 0 Å². The van der Waals surface area contributed by atoms with Crippen LogP contribution in [0.5, 0.6) is 0 Å². The minimum atomic E-state index is 0.469. The van der Waals surface area contributed by atoms with Gasteiger partial charge in [0.2, 0.25) is 0 Å². The summed E-state index contributed by atoms with van der Waals surface area (Å²) in [7, 11) is 4.00. The molecule has 7 heteroatoms. The molecular weight excluding hydrogens is 334 g/mol. The molecule has 4 rings (SSSR count). The van der Waals surface area contributed by atoms with Crippen LogP contribution < -0.4 is 4.90 Å². The maximum atomic E-state index is 5.45. The Labute approximate surface area is 153 Å². The Kier molecular flexibility index (Phi) is 5.15. The highest BCUT2D eigenvalue weighted by Crippen LogP contribution is 2.37. The summed E-state index contributed by atoms with van der Waals surface area (Å²) in [5.74, 6) is 3.11. The lowest BCUT2D eigenvalue weighted by atomic mass is 9.81. The number of hydrogen-bond donors (Lipinski definition) is 1. The second kappa shape index (κ2) is 7.51. The molecule has 2 fully saturated rings. The number of ether oxygens (including phenoxy) is 1. The van der Waals surface area contributed by atoms with Crippen LogP contribution in [0.4, 0.5) is 5.82 Å². The van der Waals surface area contributed by atoms with Gasteiger partial charge in [-0.05, 0) is 37.7 Å². The first kappa shape index (κ1) is 17.1. The van der Waals surface area contributed by atoms with Crippen molar-refractivity contribution in [3.63, 3.8) is 0 Å². The minimum Gasteiger partial charge on any atom is -0.381 e. The van der Waals surface area contributed by atoms with Crippen molar-refractivity contribution in [1.82, 2.24) is 19.3 Å². The zero-order valence-corrected chi connectivity index (χ0v) is 15.8. The van der Waals surface area contributed by atoms with E-state index < -0.39 is 0 Å². The number of rotatable bonds is 6. The number of methoxy groups -OCH3 is 1. The average molecular weight is 362 g/mol. The van der Waals surface area contributed by atoms with Gasteiger partial charge < -0.3 is 14.6 Å². The SMILES string of the molecule is COC1CCN(SCC2CC(N(C)c3ncnc4[nH]ccc34)C2)CC1. The second-order valence-electron chi connectivity index (χ2n) is 7.20. The van der Waals surface area contributed by atoms with Gasteiger partial charge in [0, 0.05) is 45.2 Å². The molecule has 0 bridgehead atoms. The Morgan fingerprint density at radius 1 is 1.32 bits per heavy atom. The Hall–Kier alpha value is -1.31. The molecule has 1 saturated carbocycles. The fraction of sp³-hybridized carbons (Fsp3) is 0.667. The number of anilines is 1. The van der Waals surface area contributed by atoms with Gasteiger partial charge in [-0.1, -0.05) is 11.9 Å². The van der Waals surface area contributed by atoms with Crippen LogP contribution >= 0.6 is 11.9 Å². The maximum absolute atomic E-state index is 5.45. The monoisotopic (exact) mass is 361 g/mol. The third-order valence-corrected chi connectivity index (χ3v) is 7.00. The average Bonchev–Trinajstić information content (AvgIpc) is 3.09. The highest BCUT2D eigenvalue weighted by Gasteiger charge is 2.34. The molecule has 0 atom stereocenters. The number of aromatic amines is 1. The first-order chi connectivity index (χ1) is 12.2. The van der Waals surface area contributed by atoms with Gasteiger partial charge in [0.05, 0.1) is 11.5 Å². The van der Waals surface area contributed by atoms with Gasteiger partial charge >= 0.3 is 0 Å². The molecule has 25 heavy (non-hydrogen) atoms. The highest BCUT2D eigenvalue weighted by molar-refractivity contribution is 7.97. The quantitative estimate of drug-likeness (QED) is 0.799. The predicted molar refractivity (Wildman–Crippen MR) is 103 cm³/mol. The van der Waals surface area contributed by atoms with Gasteiger partial charge in [0.1, 0.15) is 17.8 Å². The fourth-order valence-corrected chi connectivity index (χ4v) is 5.04. The van der Waals surface area contributed by atoms with Crippen molar-refractivity contribution >= 4 is 28.8 Å². The van der Waals surface area contributed by atoms with Crippen molar-refractivity contribution in [2.75, 3.05) is 37.9 Å². The molecule has 0 radical (unpaired) electrons. The summed E-state index contributed by atoms with van der Waals surface area (Å²) in [6, 6.07) is 2.66. The summed E-state index contributed by atoms with van der Waals surface area (Å²) in [6.45, 7) is 2.32. The molecule has 2 aliphatic rings. The van der Waals surface area contributed by atoms with Gasteiger partial charge in [0.15, 0.2) is 0 Å². The molecule has 136 valence electrons. The van der Waals surface area contributed by atoms with Crippen LogP contribution in [0.3, 0.4) is 0 Å². The van der Waals surface area contributed by atoms with Gasteiger partial charge in [-0.25, -0.2) is 9.97 Å². The Bertz CT molecular complexity index is 694. The molecule has 1 aliphatic carbocycles. The van der Waals surface area contributed by atoms with Crippen LogP contribution in [-0.2, 0) is 4.74 Å². The molecule has 6 nitrogen and oxygen atoms in total. The van der Waals surface area contributed by atoms with E-state index in [9.17, 15) is 0 Å². The lowest BCUT2D eigenvalue weighted by Crippen LogP contribution is -2.44. The van der Waals surface area contributed by atoms with Crippen LogP contribution in [0.1, 0.15) is 25.7 Å². The lowest BCUT2D eigenvalue weighted by Gasteiger charge is -2.42. The van der Waals surface area contributed by atoms with E-state index in [2.05, 4.69) is 37.3 Å². The third kappa shape index (κ3) is 3.64. The molecule has 0 amide bonds. The first-order valence-corrected chi connectivity index (χ1v) is 10.1. The van der Waals surface area contributed by atoms with Crippen LogP contribution in [0.15, 0.2) is 18.6 Å². The summed E-state index contributed by atoms with van der Waals surface area (Å²) >= 11 is 2.04. The number of hydrogen-bond acceptors (Lipinski definition) is 6. The van der Waals surface area contributed by atoms with E-state index >= 15 is 0 Å². The number of nitrogens with one attached hydrogen (secondary N) is 1. The fourth-order valence-electron chi connectivity index (χ4n) is 3.87. The minimum absolute atomic E-state index is 0.469. The summed E-state index contributed by atoms with van der Waals surface area (Å²) in [6.07, 6.45) is 8.91. The summed E-state index contributed by atoms with van der Waals surface area (Å²) in [4.78, 5) is 14.3. The molecular formula is C18H27N5OS. The third-order valence-electron chi connectivity index (χ3n) is 5.65. The number of piperidine rings is 1.